The van der Waals surface area contributed by atoms with Gasteiger partial charge in [-0.3, -0.25) is 0 Å². The van der Waals surface area contributed by atoms with Crippen molar-refractivity contribution in [2.45, 2.75) is 128 Å². The van der Waals surface area contributed by atoms with E-state index in [0.29, 0.717) is 43.7 Å². The monoisotopic (exact) mass is 642 g/mol. The molecular weight excluding hydrogens is 597 g/mol. The number of aromatic nitrogens is 1. The molecule has 1 aromatic carbocycles. The van der Waals surface area contributed by atoms with E-state index in [1.165, 1.54) is 12.1 Å². The Morgan fingerprint density at radius 3 is 2.29 bits per heavy atom. The van der Waals surface area contributed by atoms with Gasteiger partial charge in [0.2, 0.25) is 5.69 Å². The van der Waals surface area contributed by atoms with Gasteiger partial charge in [0.15, 0.2) is 14.0 Å². The smallest absolute Gasteiger partial charge is 0.417 e. The van der Waals surface area contributed by atoms with E-state index in [1.54, 1.807) is 6.07 Å². The topological polar surface area (TPSA) is 78.4 Å². The summed E-state index contributed by atoms with van der Waals surface area (Å²) < 4.78 is 62.6. The van der Waals surface area contributed by atoms with Crippen LogP contribution in [-0.4, -0.2) is 21.5 Å². The van der Waals surface area contributed by atoms with Crippen molar-refractivity contribution in [1.29, 1.82) is 5.26 Å². The molecule has 1 saturated carbocycles. The van der Waals surface area contributed by atoms with E-state index < -0.39 is 37.3 Å². The first-order valence-electron chi connectivity index (χ1n) is 16.3. The molecule has 2 aliphatic heterocycles. The van der Waals surface area contributed by atoms with Crippen LogP contribution in [0.3, 0.4) is 0 Å². The van der Waals surface area contributed by atoms with E-state index in [4.69, 9.17) is 13.9 Å². The molecule has 6 nitrogen and oxygen atoms in total. The summed E-state index contributed by atoms with van der Waals surface area (Å²) in [5.74, 6) is -0.174. The predicted molar refractivity (Wildman–Crippen MR) is 166 cm³/mol. The Labute approximate surface area is 265 Å². The van der Waals surface area contributed by atoms with Gasteiger partial charge in [0.05, 0.1) is 40.0 Å². The molecule has 6 rings (SSSR count). The normalized spacial score (nSPS) is 24.0. The molecule has 4 aliphatic rings. The third-order valence-electron chi connectivity index (χ3n) is 11.4. The molecule has 0 radical (unpaired) electrons. The molecule has 1 unspecified atom stereocenters. The summed E-state index contributed by atoms with van der Waals surface area (Å²) in [7, 11) is -2.30. The second-order valence-electron chi connectivity index (χ2n) is 15.6. The van der Waals surface area contributed by atoms with E-state index in [0.717, 1.165) is 58.9 Å². The van der Waals surface area contributed by atoms with Gasteiger partial charge in [-0.1, -0.05) is 47.1 Å². The summed E-state index contributed by atoms with van der Waals surface area (Å²) >= 11 is 0. The van der Waals surface area contributed by atoms with Crippen molar-refractivity contribution in [3.63, 3.8) is 0 Å². The molecule has 45 heavy (non-hydrogen) atoms. The Morgan fingerprint density at radius 1 is 1.09 bits per heavy atom. The lowest BCUT2D eigenvalue weighted by atomic mass is 9.58. The number of fused-ring (bicyclic) bond motifs is 4. The molecule has 2 aromatic rings. The van der Waals surface area contributed by atoms with Gasteiger partial charge in [0.25, 0.3) is 0 Å². The third-order valence-corrected chi connectivity index (χ3v) is 15.9. The van der Waals surface area contributed by atoms with Crippen LogP contribution in [0.15, 0.2) is 18.2 Å². The SMILES string of the molecule is CC(C)c1c2c(c3c([n+]1[O-])CC1(CCC1)CC3O[Si](C)(C)C(C)(C)C)C1(CCOCC1)O[C@@H]2c1ccc(C(F)(F)F)c(C#N)c1. The summed E-state index contributed by atoms with van der Waals surface area (Å²) in [6, 6.07) is 5.41. The molecule has 244 valence electrons. The highest BCUT2D eigenvalue weighted by Gasteiger charge is 2.58. The minimum absolute atomic E-state index is 0.0332. The van der Waals surface area contributed by atoms with Crippen LogP contribution in [0.5, 0.6) is 0 Å². The highest BCUT2D eigenvalue weighted by Crippen LogP contribution is 2.61. The maximum Gasteiger partial charge on any atom is 0.417 e. The maximum absolute atomic E-state index is 14.7. The fourth-order valence-corrected chi connectivity index (χ4v) is 9.19. The molecule has 0 amide bonds. The lowest BCUT2D eigenvalue weighted by Crippen LogP contribution is -2.51. The molecule has 0 N–H and O–H groups in total. The molecule has 2 spiro atoms. The Kier molecular flexibility index (Phi) is 7.79. The van der Waals surface area contributed by atoms with E-state index in [9.17, 15) is 23.6 Å². The van der Waals surface area contributed by atoms with Crippen molar-refractivity contribution in [2.75, 3.05) is 13.2 Å². The number of hydrogen-bond acceptors (Lipinski definition) is 5. The van der Waals surface area contributed by atoms with E-state index in [2.05, 4.69) is 33.9 Å². The first-order valence-corrected chi connectivity index (χ1v) is 19.2. The molecule has 3 heterocycles. The molecule has 1 saturated heterocycles. The minimum atomic E-state index is -4.66. The van der Waals surface area contributed by atoms with E-state index >= 15 is 0 Å². The van der Waals surface area contributed by atoms with Crippen molar-refractivity contribution >= 4 is 8.32 Å². The molecule has 10 heteroatoms. The molecule has 2 aliphatic carbocycles. The van der Waals surface area contributed by atoms with Gasteiger partial charge in [0.1, 0.15) is 6.10 Å². The highest BCUT2D eigenvalue weighted by molar-refractivity contribution is 6.74. The van der Waals surface area contributed by atoms with E-state index in [1.807, 2.05) is 13.8 Å². The van der Waals surface area contributed by atoms with Crippen LogP contribution in [0.1, 0.15) is 136 Å². The lowest BCUT2D eigenvalue weighted by Gasteiger charge is -2.50. The second-order valence-corrected chi connectivity index (χ2v) is 20.4. The first kappa shape index (κ1) is 32.5. The first-order chi connectivity index (χ1) is 20.9. The zero-order chi connectivity index (χ0) is 32.7. The van der Waals surface area contributed by atoms with Crippen molar-refractivity contribution < 1.29 is 31.8 Å². The summed E-state index contributed by atoms with van der Waals surface area (Å²) in [6.45, 7) is 16.1. The third kappa shape index (κ3) is 5.22. The van der Waals surface area contributed by atoms with Crippen molar-refractivity contribution in [3.05, 3.63) is 68.2 Å². The number of ether oxygens (including phenoxy) is 2. The number of nitrogens with zero attached hydrogens (tertiary/aromatic N) is 2. The minimum Gasteiger partial charge on any atom is -0.618 e. The molecule has 1 aromatic heterocycles. The number of nitriles is 1. The van der Waals surface area contributed by atoms with Gasteiger partial charge >= 0.3 is 6.18 Å². The quantitative estimate of drug-likeness (QED) is 0.190. The van der Waals surface area contributed by atoms with Gasteiger partial charge in [-0.2, -0.15) is 23.2 Å². The van der Waals surface area contributed by atoms with Gasteiger partial charge in [0, 0.05) is 44.0 Å². The number of rotatable bonds is 4. The Bertz CT molecular complexity index is 1550. The maximum atomic E-state index is 14.7. The summed E-state index contributed by atoms with van der Waals surface area (Å²) in [5, 5.41) is 24.4. The van der Waals surface area contributed by atoms with Gasteiger partial charge in [-0.25, -0.2) is 0 Å². The molecular formula is C35H45F3N2O4Si. The van der Waals surface area contributed by atoms with Gasteiger partial charge in [-0.15, -0.1) is 0 Å². The van der Waals surface area contributed by atoms with Gasteiger partial charge < -0.3 is 19.1 Å². The zero-order valence-electron chi connectivity index (χ0n) is 27.5. The lowest BCUT2D eigenvalue weighted by molar-refractivity contribution is -0.626. The molecule has 2 fully saturated rings. The Balaban J connectivity index is 1.64. The van der Waals surface area contributed by atoms with Crippen LogP contribution in [0.25, 0.3) is 0 Å². The van der Waals surface area contributed by atoms with Crippen molar-refractivity contribution in [1.82, 2.24) is 0 Å². The van der Waals surface area contributed by atoms with Crippen LogP contribution in [0.2, 0.25) is 18.1 Å². The predicted octanol–water partition coefficient (Wildman–Crippen LogP) is 8.64. The summed E-state index contributed by atoms with van der Waals surface area (Å²) in [4.78, 5) is 0. The fourth-order valence-electron chi connectivity index (χ4n) is 7.92. The zero-order valence-corrected chi connectivity index (χ0v) is 28.5. The van der Waals surface area contributed by atoms with Crippen LogP contribution >= 0.6 is 0 Å². The average molecular weight is 643 g/mol. The molecule has 0 bridgehead atoms. The van der Waals surface area contributed by atoms with Crippen LogP contribution in [0.4, 0.5) is 13.2 Å². The number of benzene rings is 1. The second kappa shape index (κ2) is 10.8. The number of hydrogen-bond donors (Lipinski definition) is 0. The van der Waals surface area contributed by atoms with Crippen molar-refractivity contribution in [3.8, 4) is 6.07 Å². The van der Waals surface area contributed by atoms with Gasteiger partial charge in [-0.05, 0) is 60.5 Å². The standard InChI is InChI=1S/C35H45F3N2O4Si/c1-21(2)30-28-29(27-25(40(30)41)18-33(11-8-12-33)19-26(27)44-45(6,7)32(3,4)5)34(13-15-42-16-14-34)43-31(28)22-9-10-24(35(36,37)38)23(17-22)20-39/h9-10,17,21,26,31H,8,11-16,18-19H2,1-7H3/t26?,31-/m1/s1. The van der Waals surface area contributed by atoms with Crippen molar-refractivity contribution in [2.24, 2.45) is 5.41 Å². The largest absolute Gasteiger partial charge is 0.618 e. The number of alkyl halides is 3. The Hall–Kier alpha value is -2.45. The Morgan fingerprint density at radius 2 is 1.76 bits per heavy atom. The summed E-state index contributed by atoms with van der Waals surface area (Å²) in [5.41, 5.74) is 2.28. The fraction of sp³-hybridized carbons (Fsp3) is 0.657. The number of halogens is 3. The van der Waals surface area contributed by atoms with Crippen LogP contribution < -0.4 is 4.73 Å². The van der Waals surface area contributed by atoms with Crippen LogP contribution in [0, 0.1) is 22.0 Å². The molecule has 2 atom stereocenters. The highest BCUT2D eigenvalue weighted by atomic mass is 28.4. The average Bonchev–Trinajstić information content (AvgIpc) is 3.24. The summed E-state index contributed by atoms with van der Waals surface area (Å²) in [6.07, 6.45) is 0.189. The van der Waals surface area contributed by atoms with Crippen LogP contribution in [-0.2, 0) is 32.1 Å². The number of pyridine rings is 1. The van der Waals surface area contributed by atoms with E-state index in [-0.39, 0.29) is 22.5 Å².